The van der Waals surface area contributed by atoms with Gasteiger partial charge < -0.3 is 18.6 Å². The van der Waals surface area contributed by atoms with Gasteiger partial charge in [0.15, 0.2) is 18.1 Å². The van der Waals surface area contributed by atoms with Crippen molar-refractivity contribution in [3.05, 3.63) is 17.6 Å². The molecule has 0 aliphatic heterocycles. The first-order valence-corrected chi connectivity index (χ1v) is 5.45. The monoisotopic (exact) mass is 270 g/mol. The lowest BCUT2D eigenvalue weighted by molar-refractivity contribution is -0.143. The summed E-state index contributed by atoms with van der Waals surface area (Å²) in [5, 5.41) is 0. The maximum atomic E-state index is 10.9. The van der Waals surface area contributed by atoms with E-state index in [4.69, 9.17) is 18.6 Å². The van der Waals surface area contributed by atoms with Gasteiger partial charge in [0.1, 0.15) is 12.4 Å². The summed E-state index contributed by atoms with van der Waals surface area (Å²) in [6, 6.07) is 1.41. The number of esters is 3. The van der Waals surface area contributed by atoms with Crippen molar-refractivity contribution >= 4 is 17.9 Å². The van der Waals surface area contributed by atoms with Gasteiger partial charge in [-0.25, -0.2) is 0 Å². The van der Waals surface area contributed by atoms with E-state index in [-0.39, 0.29) is 30.5 Å². The van der Waals surface area contributed by atoms with Crippen molar-refractivity contribution < 1.29 is 33.0 Å². The van der Waals surface area contributed by atoms with Crippen molar-refractivity contribution in [3.63, 3.8) is 0 Å². The van der Waals surface area contributed by atoms with Crippen LogP contribution in [0.3, 0.4) is 0 Å². The molecule has 1 rings (SSSR count). The summed E-state index contributed by atoms with van der Waals surface area (Å²) in [5.74, 6) is -0.903. The summed E-state index contributed by atoms with van der Waals surface area (Å²) in [4.78, 5) is 32.3. The fraction of sp³-hybridized carbons (Fsp3) is 0.417. The number of hydrogen-bond donors (Lipinski definition) is 0. The Hall–Kier alpha value is -2.31. The lowest BCUT2D eigenvalue weighted by Gasteiger charge is -2.02. The van der Waals surface area contributed by atoms with E-state index in [1.165, 1.54) is 26.8 Å². The lowest BCUT2D eigenvalue weighted by atomic mass is 10.4. The Morgan fingerprint density at radius 2 is 1.58 bits per heavy atom. The standard InChI is InChI=1S/C12H14O7/c1-7(13)16-5-10-4-11(18-9(3)15)12(19-10)6-17-8(2)14/h4H,5-6H2,1-3H3. The molecule has 0 fully saturated rings. The van der Waals surface area contributed by atoms with Gasteiger partial charge in [0.2, 0.25) is 0 Å². The third-order valence-electron chi connectivity index (χ3n) is 1.90. The number of hydrogen-bond acceptors (Lipinski definition) is 7. The molecule has 0 saturated heterocycles. The van der Waals surface area contributed by atoms with E-state index in [0.717, 1.165) is 0 Å². The zero-order valence-electron chi connectivity index (χ0n) is 10.8. The highest BCUT2D eigenvalue weighted by Crippen LogP contribution is 2.25. The van der Waals surface area contributed by atoms with E-state index < -0.39 is 17.9 Å². The third kappa shape index (κ3) is 5.24. The highest BCUT2D eigenvalue weighted by atomic mass is 16.6. The van der Waals surface area contributed by atoms with Gasteiger partial charge in [0.05, 0.1) is 0 Å². The summed E-state index contributed by atoms with van der Waals surface area (Å²) in [6.07, 6.45) is 0. The molecule has 7 heteroatoms. The molecule has 0 spiro atoms. The average molecular weight is 270 g/mol. The smallest absolute Gasteiger partial charge is 0.308 e. The van der Waals surface area contributed by atoms with Crippen molar-refractivity contribution in [1.82, 2.24) is 0 Å². The number of furan rings is 1. The van der Waals surface area contributed by atoms with Gasteiger partial charge in [-0.05, 0) is 0 Å². The molecule has 0 aliphatic rings. The largest absolute Gasteiger partial charge is 0.458 e. The molecule has 0 amide bonds. The molecule has 0 unspecified atom stereocenters. The van der Waals surface area contributed by atoms with E-state index in [1.807, 2.05) is 0 Å². The maximum Gasteiger partial charge on any atom is 0.308 e. The molecule has 0 atom stereocenters. The van der Waals surface area contributed by atoms with Gasteiger partial charge in [0.25, 0.3) is 0 Å². The van der Waals surface area contributed by atoms with E-state index in [1.54, 1.807) is 0 Å². The second-order valence-corrected chi connectivity index (χ2v) is 3.65. The normalized spacial score (nSPS) is 9.84. The lowest BCUT2D eigenvalue weighted by Crippen LogP contribution is -2.04. The number of carbonyl (C=O) groups excluding carboxylic acids is 3. The highest BCUT2D eigenvalue weighted by Gasteiger charge is 2.16. The van der Waals surface area contributed by atoms with Crippen LogP contribution in [0.25, 0.3) is 0 Å². The Kier molecular flexibility index (Phi) is 5.11. The summed E-state index contributed by atoms with van der Waals surface area (Å²) in [6.45, 7) is 3.47. The first-order chi connectivity index (χ1) is 8.88. The van der Waals surface area contributed by atoms with Crippen LogP contribution in [-0.4, -0.2) is 17.9 Å². The van der Waals surface area contributed by atoms with Crippen molar-refractivity contribution in [3.8, 4) is 5.75 Å². The molecule has 1 aromatic heterocycles. The molecule has 0 saturated carbocycles. The minimum absolute atomic E-state index is 0.0936. The van der Waals surface area contributed by atoms with Gasteiger partial charge in [-0.2, -0.15) is 0 Å². The topological polar surface area (TPSA) is 92.0 Å². The minimum atomic E-state index is -0.538. The first kappa shape index (κ1) is 14.7. The van der Waals surface area contributed by atoms with E-state index in [2.05, 4.69) is 0 Å². The zero-order valence-corrected chi connectivity index (χ0v) is 10.8. The van der Waals surface area contributed by atoms with Gasteiger partial charge in [-0.3, -0.25) is 14.4 Å². The van der Waals surface area contributed by atoms with Crippen molar-refractivity contribution in [2.75, 3.05) is 0 Å². The Morgan fingerprint density at radius 1 is 1.00 bits per heavy atom. The van der Waals surface area contributed by atoms with Crippen LogP contribution in [0, 0.1) is 0 Å². The van der Waals surface area contributed by atoms with Crippen molar-refractivity contribution in [2.45, 2.75) is 34.0 Å². The predicted molar refractivity (Wildman–Crippen MR) is 61.0 cm³/mol. The van der Waals surface area contributed by atoms with Crippen LogP contribution in [-0.2, 0) is 37.1 Å². The van der Waals surface area contributed by atoms with E-state index >= 15 is 0 Å². The van der Waals surface area contributed by atoms with Crippen LogP contribution in [0.1, 0.15) is 32.3 Å². The molecular weight excluding hydrogens is 256 g/mol. The van der Waals surface area contributed by atoms with Crippen LogP contribution in [0.15, 0.2) is 10.5 Å². The molecule has 0 aliphatic carbocycles. The number of carbonyl (C=O) groups is 3. The maximum absolute atomic E-state index is 10.9. The van der Waals surface area contributed by atoms with Crippen molar-refractivity contribution in [1.29, 1.82) is 0 Å². The second-order valence-electron chi connectivity index (χ2n) is 3.65. The van der Waals surface area contributed by atoms with Crippen LogP contribution in [0.2, 0.25) is 0 Å². The molecule has 0 N–H and O–H groups in total. The zero-order chi connectivity index (χ0) is 14.4. The predicted octanol–water partition coefficient (Wildman–Crippen LogP) is 1.33. The van der Waals surface area contributed by atoms with Crippen LogP contribution < -0.4 is 4.74 Å². The fourth-order valence-electron chi connectivity index (χ4n) is 1.22. The second kappa shape index (κ2) is 6.58. The fourth-order valence-corrected chi connectivity index (χ4v) is 1.22. The Balaban J connectivity index is 2.81. The van der Waals surface area contributed by atoms with Crippen LogP contribution in [0.4, 0.5) is 0 Å². The summed E-state index contributed by atoms with van der Waals surface area (Å²) >= 11 is 0. The quantitative estimate of drug-likeness (QED) is 0.745. The summed E-state index contributed by atoms with van der Waals surface area (Å²) in [5.41, 5.74) is 0. The van der Waals surface area contributed by atoms with Crippen LogP contribution in [0.5, 0.6) is 5.75 Å². The first-order valence-electron chi connectivity index (χ1n) is 5.45. The van der Waals surface area contributed by atoms with E-state index in [9.17, 15) is 14.4 Å². The molecular formula is C12H14O7. The van der Waals surface area contributed by atoms with Crippen LogP contribution >= 0.6 is 0 Å². The Labute approximate surface area is 109 Å². The molecule has 0 bridgehead atoms. The Morgan fingerprint density at radius 3 is 2.11 bits per heavy atom. The van der Waals surface area contributed by atoms with Crippen molar-refractivity contribution in [2.24, 2.45) is 0 Å². The molecule has 1 heterocycles. The summed E-state index contributed by atoms with van der Waals surface area (Å²) in [7, 11) is 0. The van der Waals surface area contributed by atoms with Gasteiger partial charge in [-0.15, -0.1) is 0 Å². The molecule has 0 radical (unpaired) electrons. The average Bonchev–Trinajstić information content (AvgIpc) is 2.65. The number of ether oxygens (including phenoxy) is 3. The molecule has 19 heavy (non-hydrogen) atoms. The van der Waals surface area contributed by atoms with Gasteiger partial charge in [0, 0.05) is 26.8 Å². The SMILES string of the molecule is CC(=O)OCc1cc(OC(C)=O)c(COC(C)=O)o1. The summed E-state index contributed by atoms with van der Waals surface area (Å²) < 4.78 is 19.7. The molecule has 104 valence electrons. The van der Waals surface area contributed by atoms with Gasteiger partial charge in [-0.1, -0.05) is 0 Å². The third-order valence-corrected chi connectivity index (χ3v) is 1.90. The number of rotatable bonds is 5. The highest BCUT2D eigenvalue weighted by molar-refractivity contribution is 5.70. The molecule has 0 aromatic carbocycles. The molecule has 7 nitrogen and oxygen atoms in total. The van der Waals surface area contributed by atoms with E-state index in [0.29, 0.717) is 0 Å². The minimum Gasteiger partial charge on any atom is -0.458 e. The Bertz CT molecular complexity index is 486. The van der Waals surface area contributed by atoms with Gasteiger partial charge >= 0.3 is 17.9 Å². The molecule has 1 aromatic rings.